The fourth-order valence-electron chi connectivity index (χ4n) is 3.76. The van der Waals surface area contributed by atoms with Crippen molar-refractivity contribution >= 4 is 38.3 Å². The first kappa shape index (κ1) is 23.2. The van der Waals surface area contributed by atoms with Crippen LogP contribution in [0.4, 0.5) is 11.5 Å². The van der Waals surface area contributed by atoms with Crippen molar-refractivity contribution in [3.63, 3.8) is 0 Å². The smallest absolute Gasteiger partial charge is 0.237 e. The van der Waals surface area contributed by atoms with Gasteiger partial charge in [-0.1, -0.05) is 30.3 Å². The Morgan fingerprint density at radius 3 is 2.56 bits per heavy atom. The van der Waals surface area contributed by atoms with Crippen LogP contribution >= 0.6 is 0 Å². The molecule has 0 aliphatic heterocycles. The molecule has 0 atom stereocenters. The zero-order valence-corrected chi connectivity index (χ0v) is 19.8. The summed E-state index contributed by atoms with van der Waals surface area (Å²) in [5.41, 5.74) is 8.06. The Morgan fingerprint density at radius 1 is 1.15 bits per heavy atom. The summed E-state index contributed by atoms with van der Waals surface area (Å²) in [6.07, 6.45) is 3.06. The van der Waals surface area contributed by atoms with E-state index < -0.39 is 10.0 Å². The zero-order chi connectivity index (χ0) is 24.5. The number of ether oxygens (including phenoxy) is 1. The van der Waals surface area contributed by atoms with E-state index in [1.807, 2.05) is 24.5 Å². The molecule has 10 heteroatoms. The highest BCUT2D eigenvalue weighted by Gasteiger charge is 2.23. The fourth-order valence-corrected chi connectivity index (χ4v) is 4.95. The van der Waals surface area contributed by atoms with E-state index in [4.69, 9.17) is 10.5 Å². The molecular weight excluding hydrogens is 454 g/mol. The van der Waals surface area contributed by atoms with Gasteiger partial charge in [-0.2, -0.15) is 0 Å². The van der Waals surface area contributed by atoms with Gasteiger partial charge in [-0.05, 0) is 37.6 Å². The Bertz CT molecular complexity index is 1460. The van der Waals surface area contributed by atoms with Crippen LogP contribution in [0, 0.1) is 0 Å². The molecule has 0 bridgehead atoms. The summed E-state index contributed by atoms with van der Waals surface area (Å²) in [5, 5.41) is 0.461. The minimum atomic E-state index is -3.76. The fraction of sp³-hybridized carbons (Fsp3) is 0.208. The van der Waals surface area contributed by atoms with Gasteiger partial charge in [0.05, 0.1) is 29.5 Å². The number of carbonyl (C=O) groups excluding carboxylic acids is 1. The van der Waals surface area contributed by atoms with Gasteiger partial charge in [0.2, 0.25) is 10.0 Å². The highest BCUT2D eigenvalue weighted by Crippen LogP contribution is 2.32. The van der Waals surface area contributed by atoms with Crippen molar-refractivity contribution in [2.75, 3.05) is 17.6 Å². The summed E-state index contributed by atoms with van der Waals surface area (Å²) in [4.78, 5) is 21.9. The monoisotopic (exact) mass is 479 g/mol. The maximum Gasteiger partial charge on any atom is 0.237 e. The van der Waals surface area contributed by atoms with Crippen LogP contribution in [0.1, 0.15) is 41.4 Å². The highest BCUT2D eigenvalue weighted by atomic mass is 32.2. The second kappa shape index (κ2) is 9.14. The van der Waals surface area contributed by atoms with Crippen LogP contribution in [0.3, 0.4) is 0 Å². The summed E-state index contributed by atoms with van der Waals surface area (Å²) < 4.78 is 35.3. The molecule has 4 aromatic rings. The highest BCUT2D eigenvalue weighted by molar-refractivity contribution is 7.91. The van der Waals surface area contributed by atoms with E-state index in [1.165, 1.54) is 19.5 Å². The number of sulfonamides is 1. The van der Waals surface area contributed by atoms with Crippen molar-refractivity contribution in [1.29, 1.82) is 0 Å². The summed E-state index contributed by atoms with van der Waals surface area (Å²) >= 11 is 0. The van der Waals surface area contributed by atoms with Crippen molar-refractivity contribution < 1.29 is 17.9 Å². The number of nitrogen functional groups attached to an aromatic ring is 1. The van der Waals surface area contributed by atoms with Crippen LogP contribution in [0.2, 0.25) is 0 Å². The van der Waals surface area contributed by atoms with Gasteiger partial charge in [0.25, 0.3) is 0 Å². The van der Waals surface area contributed by atoms with Gasteiger partial charge in [-0.3, -0.25) is 9.52 Å². The van der Waals surface area contributed by atoms with E-state index in [0.717, 1.165) is 0 Å². The molecular formula is C24H25N5O4S. The molecule has 4 rings (SSSR count). The number of fused-ring (bicyclic) bond motifs is 1. The van der Waals surface area contributed by atoms with Crippen molar-refractivity contribution in [3.05, 3.63) is 77.7 Å². The third-order valence-corrected chi connectivity index (χ3v) is 6.61. The molecule has 0 radical (unpaired) electrons. The largest absolute Gasteiger partial charge is 0.495 e. The summed E-state index contributed by atoms with van der Waals surface area (Å²) in [6.45, 7) is 3.94. The summed E-state index contributed by atoms with van der Waals surface area (Å²) in [7, 11) is -2.33. The second-order valence-corrected chi connectivity index (χ2v) is 9.81. The maximum atomic E-state index is 13.5. The maximum absolute atomic E-state index is 13.5. The van der Waals surface area contributed by atoms with Gasteiger partial charge >= 0.3 is 0 Å². The van der Waals surface area contributed by atoms with Crippen LogP contribution in [-0.2, 0) is 15.8 Å². The third-order valence-electron chi connectivity index (χ3n) is 5.37. The molecule has 2 aromatic carbocycles. The average Bonchev–Trinajstić information content (AvgIpc) is 3.20. The number of anilines is 2. The minimum Gasteiger partial charge on any atom is -0.495 e. The Hall–Kier alpha value is -3.92. The number of nitrogens with one attached hydrogen (secondary N) is 1. The molecule has 3 N–H and O–H groups in total. The van der Waals surface area contributed by atoms with Crippen LogP contribution in [-0.4, -0.2) is 35.8 Å². The van der Waals surface area contributed by atoms with Crippen molar-refractivity contribution in [2.45, 2.75) is 25.6 Å². The van der Waals surface area contributed by atoms with Gasteiger partial charge in [-0.15, -0.1) is 0 Å². The molecule has 0 saturated carbocycles. The topological polar surface area (TPSA) is 129 Å². The SMILES string of the molecule is COc1ccc(C(=O)c2cn(C(C)C)c3ncnc(N)c23)cc1NS(=O)(=O)Cc1ccccc1. The lowest BCUT2D eigenvalue weighted by Gasteiger charge is -2.13. The average molecular weight is 480 g/mol. The van der Waals surface area contributed by atoms with Crippen molar-refractivity contribution in [2.24, 2.45) is 0 Å². The Morgan fingerprint density at radius 2 is 1.88 bits per heavy atom. The number of hydrogen-bond donors (Lipinski definition) is 2. The molecule has 0 saturated heterocycles. The first-order chi connectivity index (χ1) is 16.2. The summed E-state index contributed by atoms with van der Waals surface area (Å²) in [6, 6.07) is 13.4. The molecule has 9 nitrogen and oxygen atoms in total. The molecule has 0 aliphatic rings. The Balaban J connectivity index is 1.73. The van der Waals surface area contributed by atoms with E-state index in [2.05, 4.69) is 14.7 Å². The predicted octanol–water partition coefficient (Wildman–Crippen LogP) is 3.78. The van der Waals surface area contributed by atoms with Crippen molar-refractivity contribution in [3.8, 4) is 5.75 Å². The van der Waals surface area contributed by atoms with Crippen LogP contribution < -0.4 is 15.2 Å². The van der Waals surface area contributed by atoms with Crippen LogP contribution in [0.5, 0.6) is 5.75 Å². The van der Waals surface area contributed by atoms with Gasteiger partial charge in [0.1, 0.15) is 23.5 Å². The molecule has 0 spiro atoms. The van der Waals surface area contributed by atoms with Crippen molar-refractivity contribution in [1.82, 2.24) is 14.5 Å². The van der Waals surface area contributed by atoms with Gasteiger partial charge in [0.15, 0.2) is 5.78 Å². The van der Waals surface area contributed by atoms with Gasteiger partial charge in [-0.25, -0.2) is 18.4 Å². The number of rotatable bonds is 8. The minimum absolute atomic E-state index is 0.0366. The molecule has 2 heterocycles. The zero-order valence-electron chi connectivity index (χ0n) is 19.0. The number of methoxy groups -OCH3 is 1. The van der Waals surface area contributed by atoms with E-state index in [9.17, 15) is 13.2 Å². The number of ketones is 1. The predicted molar refractivity (Wildman–Crippen MR) is 131 cm³/mol. The van der Waals surface area contributed by atoms with Gasteiger partial charge < -0.3 is 15.0 Å². The molecule has 34 heavy (non-hydrogen) atoms. The number of carbonyl (C=O) groups is 1. The normalized spacial score (nSPS) is 11.6. The lowest BCUT2D eigenvalue weighted by Crippen LogP contribution is -2.16. The molecule has 0 amide bonds. The van der Waals surface area contributed by atoms with E-state index in [0.29, 0.717) is 27.9 Å². The van der Waals surface area contributed by atoms with Crippen LogP contribution in [0.15, 0.2) is 61.1 Å². The number of nitrogens with zero attached hydrogens (tertiary/aromatic N) is 3. The molecule has 0 aliphatic carbocycles. The molecule has 0 unspecified atom stereocenters. The second-order valence-electron chi connectivity index (χ2n) is 8.09. The quantitative estimate of drug-likeness (QED) is 0.368. The summed E-state index contributed by atoms with van der Waals surface area (Å²) in [5.74, 6) is -0.0620. The molecule has 0 fully saturated rings. The number of benzene rings is 2. The van der Waals surface area contributed by atoms with Crippen LogP contribution in [0.25, 0.3) is 11.0 Å². The Kier molecular flexibility index (Phi) is 6.25. The first-order valence-corrected chi connectivity index (χ1v) is 12.2. The Labute approximate surface area is 197 Å². The molecule has 176 valence electrons. The number of aromatic nitrogens is 3. The van der Waals surface area contributed by atoms with E-state index >= 15 is 0 Å². The third kappa shape index (κ3) is 4.58. The standard InChI is InChI=1S/C24H25N5O4S/c1-15(2)29-12-18(21-23(25)26-14-27-24(21)29)22(30)17-9-10-20(33-3)19(11-17)28-34(31,32)13-16-7-5-4-6-8-16/h4-12,14-15,28H,13H2,1-3H3,(H2,25,26,27). The number of nitrogens with two attached hydrogens (primary N) is 1. The first-order valence-electron chi connectivity index (χ1n) is 10.6. The lowest BCUT2D eigenvalue weighted by molar-refractivity contribution is 0.104. The van der Waals surface area contributed by atoms with E-state index in [-0.39, 0.29) is 34.6 Å². The van der Waals surface area contributed by atoms with E-state index in [1.54, 1.807) is 42.6 Å². The molecule has 2 aromatic heterocycles. The lowest BCUT2D eigenvalue weighted by atomic mass is 10.0. The van der Waals surface area contributed by atoms with Gasteiger partial charge in [0, 0.05) is 17.8 Å². The number of hydrogen-bond acceptors (Lipinski definition) is 7.